The van der Waals surface area contributed by atoms with Gasteiger partial charge in [0.05, 0.1) is 12.2 Å². The van der Waals surface area contributed by atoms with Gasteiger partial charge in [0, 0.05) is 19.2 Å². The van der Waals surface area contributed by atoms with Crippen molar-refractivity contribution >= 4 is 11.9 Å². The number of nitrogens with zero attached hydrogens (tertiary/aromatic N) is 3. The summed E-state index contributed by atoms with van der Waals surface area (Å²) >= 11 is 0. The average molecular weight is 295 g/mol. The number of rotatable bonds is 6. The van der Waals surface area contributed by atoms with Gasteiger partial charge < -0.3 is 20.1 Å². The minimum Gasteiger partial charge on any atom is -0.464 e. The minimum atomic E-state index is -0.115. The molecule has 1 aliphatic rings. The molecule has 0 bridgehead atoms. The van der Waals surface area contributed by atoms with E-state index in [2.05, 4.69) is 39.4 Å². The van der Waals surface area contributed by atoms with Crippen LogP contribution in [0.4, 0.5) is 11.9 Å². The normalized spacial score (nSPS) is 20.9. The van der Waals surface area contributed by atoms with E-state index in [-0.39, 0.29) is 5.60 Å². The lowest BCUT2D eigenvalue weighted by Crippen LogP contribution is -2.40. The third-order valence-corrected chi connectivity index (χ3v) is 3.25. The number of anilines is 2. The molecule has 7 heteroatoms. The lowest BCUT2D eigenvalue weighted by atomic mass is 9.94. The Bertz CT molecular complexity index is 442. The highest BCUT2D eigenvalue weighted by Crippen LogP contribution is 2.26. The predicted molar refractivity (Wildman–Crippen MR) is 81.8 cm³/mol. The van der Waals surface area contributed by atoms with E-state index in [9.17, 15) is 0 Å². The van der Waals surface area contributed by atoms with Gasteiger partial charge in [-0.15, -0.1) is 0 Å². The van der Waals surface area contributed by atoms with Crippen molar-refractivity contribution in [3.05, 3.63) is 0 Å². The molecule has 2 heterocycles. The van der Waals surface area contributed by atoms with Crippen LogP contribution in [0.1, 0.15) is 40.5 Å². The van der Waals surface area contributed by atoms with Gasteiger partial charge in [-0.3, -0.25) is 0 Å². The summed E-state index contributed by atoms with van der Waals surface area (Å²) in [5, 5.41) is 6.47. The SMILES string of the molecule is CCNc1nc(NC2CCOC(C)(C)C2)nc(OCC)n1. The third kappa shape index (κ3) is 4.70. The van der Waals surface area contributed by atoms with Gasteiger partial charge in [0.1, 0.15) is 0 Å². The number of aromatic nitrogens is 3. The molecule has 1 unspecified atom stereocenters. The zero-order valence-corrected chi connectivity index (χ0v) is 13.3. The molecule has 118 valence electrons. The lowest BCUT2D eigenvalue weighted by molar-refractivity contribution is -0.0554. The molecule has 0 aromatic carbocycles. The Hall–Kier alpha value is -1.63. The maximum absolute atomic E-state index is 5.73. The van der Waals surface area contributed by atoms with Crippen LogP contribution in [0, 0.1) is 0 Å². The molecule has 0 aliphatic carbocycles. The molecule has 1 fully saturated rings. The van der Waals surface area contributed by atoms with Gasteiger partial charge in [0.25, 0.3) is 0 Å². The van der Waals surface area contributed by atoms with Crippen molar-refractivity contribution in [3.8, 4) is 6.01 Å². The molecule has 0 radical (unpaired) electrons. The van der Waals surface area contributed by atoms with Gasteiger partial charge in [-0.25, -0.2) is 0 Å². The van der Waals surface area contributed by atoms with E-state index in [0.717, 1.165) is 26.0 Å². The highest BCUT2D eigenvalue weighted by Gasteiger charge is 2.29. The van der Waals surface area contributed by atoms with E-state index in [0.29, 0.717) is 30.6 Å². The number of hydrogen-bond donors (Lipinski definition) is 2. The molecule has 21 heavy (non-hydrogen) atoms. The summed E-state index contributed by atoms with van der Waals surface area (Å²) < 4.78 is 11.1. The van der Waals surface area contributed by atoms with Gasteiger partial charge in [-0.1, -0.05) is 0 Å². The molecule has 1 aliphatic heterocycles. The topological polar surface area (TPSA) is 81.2 Å². The van der Waals surface area contributed by atoms with E-state index in [1.807, 2.05) is 13.8 Å². The van der Waals surface area contributed by atoms with Crippen LogP contribution in [0.25, 0.3) is 0 Å². The first-order chi connectivity index (χ1) is 10.0. The number of nitrogens with one attached hydrogen (secondary N) is 2. The molecular formula is C14H25N5O2. The van der Waals surface area contributed by atoms with E-state index in [4.69, 9.17) is 9.47 Å². The van der Waals surface area contributed by atoms with E-state index in [1.165, 1.54) is 0 Å². The molecule has 1 saturated heterocycles. The third-order valence-electron chi connectivity index (χ3n) is 3.25. The Morgan fingerprint density at radius 3 is 2.67 bits per heavy atom. The summed E-state index contributed by atoms with van der Waals surface area (Å²) in [6.45, 7) is 10.1. The minimum absolute atomic E-state index is 0.115. The quantitative estimate of drug-likeness (QED) is 0.831. The molecule has 0 saturated carbocycles. The maximum atomic E-state index is 5.73. The van der Waals surface area contributed by atoms with E-state index >= 15 is 0 Å². The molecule has 1 aromatic heterocycles. The van der Waals surface area contributed by atoms with E-state index in [1.54, 1.807) is 0 Å². The van der Waals surface area contributed by atoms with Gasteiger partial charge >= 0.3 is 6.01 Å². The first-order valence-electron chi connectivity index (χ1n) is 7.55. The lowest BCUT2D eigenvalue weighted by Gasteiger charge is -2.35. The summed E-state index contributed by atoms with van der Waals surface area (Å²) in [5.74, 6) is 1.08. The van der Waals surface area contributed by atoms with Crippen molar-refractivity contribution in [2.75, 3.05) is 30.4 Å². The monoisotopic (exact) mass is 295 g/mol. The van der Waals surface area contributed by atoms with Gasteiger partial charge in [-0.2, -0.15) is 15.0 Å². The fourth-order valence-corrected chi connectivity index (χ4v) is 2.39. The Labute approximate surface area is 125 Å². The second-order valence-electron chi connectivity index (χ2n) is 5.67. The van der Waals surface area contributed by atoms with Crippen molar-refractivity contribution in [2.45, 2.75) is 52.2 Å². The number of hydrogen-bond acceptors (Lipinski definition) is 7. The zero-order valence-electron chi connectivity index (χ0n) is 13.3. The standard InChI is InChI=1S/C14H25N5O2/c1-5-15-11-17-12(19-13(18-11)20-6-2)16-10-7-8-21-14(3,4)9-10/h10H,5-9H2,1-4H3,(H2,15,16,17,18,19). The maximum Gasteiger partial charge on any atom is 0.323 e. The zero-order chi connectivity index (χ0) is 15.3. The average Bonchev–Trinajstić information content (AvgIpc) is 2.38. The summed E-state index contributed by atoms with van der Waals surface area (Å²) in [4.78, 5) is 12.9. The van der Waals surface area contributed by atoms with Crippen LogP contribution in [0.3, 0.4) is 0 Å². The van der Waals surface area contributed by atoms with Crippen molar-refractivity contribution < 1.29 is 9.47 Å². The largest absolute Gasteiger partial charge is 0.464 e. The number of ether oxygens (including phenoxy) is 2. The fraction of sp³-hybridized carbons (Fsp3) is 0.786. The van der Waals surface area contributed by atoms with Gasteiger partial charge in [-0.05, 0) is 40.5 Å². The van der Waals surface area contributed by atoms with Crippen LogP contribution >= 0.6 is 0 Å². The van der Waals surface area contributed by atoms with Crippen molar-refractivity contribution in [3.63, 3.8) is 0 Å². The van der Waals surface area contributed by atoms with Crippen molar-refractivity contribution in [2.24, 2.45) is 0 Å². The highest BCUT2D eigenvalue weighted by atomic mass is 16.5. The van der Waals surface area contributed by atoms with Crippen molar-refractivity contribution in [1.82, 2.24) is 15.0 Å². The predicted octanol–water partition coefficient (Wildman–Crippen LogP) is 2.07. The molecule has 2 rings (SSSR count). The fourth-order valence-electron chi connectivity index (χ4n) is 2.39. The molecular weight excluding hydrogens is 270 g/mol. The van der Waals surface area contributed by atoms with Crippen LogP contribution in [-0.4, -0.2) is 46.4 Å². The van der Waals surface area contributed by atoms with Crippen LogP contribution in [0.2, 0.25) is 0 Å². The molecule has 1 aromatic rings. The second kappa shape index (κ2) is 6.89. The Morgan fingerprint density at radius 1 is 1.24 bits per heavy atom. The van der Waals surface area contributed by atoms with Crippen LogP contribution < -0.4 is 15.4 Å². The van der Waals surface area contributed by atoms with Gasteiger partial charge in [0.15, 0.2) is 0 Å². The molecule has 7 nitrogen and oxygen atoms in total. The van der Waals surface area contributed by atoms with Crippen LogP contribution in [0.15, 0.2) is 0 Å². The summed E-state index contributed by atoms with van der Waals surface area (Å²) in [6, 6.07) is 0.636. The second-order valence-corrected chi connectivity index (χ2v) is 5.67. The first kappa shape index (κ1) is 15.8. The molecule has 2 N–H and O–H groups in total. The Balaban J connectivity index is 2.10. The van der Waals surface area contributed by atoms with Gasteiger partial charge in [0.2, 0.25) is 11.9 Å². The molecule has 1 atom stereocenters. The first-order valence-corrected chi connectivity index (χ1v) is 7.55. The Morgan fingerprint density at radius 2 is 2.00 bits per heavy atom. The Kier molecular flexibility index (Phi) is 5.17. The summed E-state index contributed by atoms with van der Waals surface area (Å²) in [7, 11) is 0. The summed E-state index contributed by atoms with van der Waals surface area (Å²) in [5.41, 5.74) is -0.115. The molecule has 0 spiro atoms. The highest BCUT2D eigenvalue weighted by molar-refractivity contribution is 5.36. The smallest absolute Gasteiger partial charge is 0.323 e. The van der Waals surface area contributed by atoms with Crippen LogP contribution in [-0.2, 0) is 4.74 Å². The van der Waals surface area contributed by atoms with Crippen molar-refractivity contribution in [1.29, 1.82) is 0 Å². The molecule has 0 amide bonds. The van der Waals surface area contributed by atoms with E-state index < -0.39 is 0 Å². The summed E-state index contributed by atoms with van der Waals surface area (Å²) in [6.07, 6.45) is 1.86. The van der Waals surface area contributed by atoms with Crippen LogP contribution in [0.5, 0.6) is 6.01 Å².